The highest BCUT2D eigenvalue weighted by atomic mass is 35.5. The lowest BCUT2D eigenvalue weighted by Crippen LogP contribution is -2.32. The highest BCUT2D eigenvalue weighted by Gasteiger charge is 2.39. The molecule has 3 amide bonds. The third-order valence-corrected chi connectivity index (χ3v) is 5.54. The van der Waals surface area contributed by atoms with Crippen LogP contribution in [0.25, 0.3) is 0 Å². The molecule has 0 unspecified atom stereocenters. The predicted octanol–water partition coefficient (Wildman–Crippen LogP) is 4.49. The molecule has 0 radical (unpaired) electrons. The summed E-state index contributed by atoms with van der Waals surface area (Å²) in [6.45, 7) is 1.26. The number of hydrogen-bond acceptors (Lipinski definition) is 5. The van der Waals surface area contributed by atoms with Gasteiger partial charge in [0.25, 0.3) is 17.7 Å². The fourth-order valence-corrected chi connectivity index (χ4v) is 3.69. The van der Waals surface area contributed by atoms with Gasteiger partial charge in [0.05, 0.1) is 22.7 Å². The average molecular weight is 463 g/mol. The van der Waals surface area contributed by atoms with Crippen molar-refractivity contribution >= 4 is 41.0 Å². The van der Waals surface area contributed by atoms with E-state index >= 15 is 0 Å². The molecule has 1 heterocycles. The number of imide groups is 1. The summed E-state index contributed by atoms with van der Waals surface area (Å²) in [5.41, 5.74) is 1.75. The van der Waals surface area contributed by atoms with Crippen LogP contribution >= 0.6 is 11.6 Å². The molecule has 4 rings (SSSR count). The van der Waals surface area contributed by atoms with Gasteiger partial charge in [-0.1, -0.05) is 41.9 Å². The van der Waals surface area contributed by atoms with Crippen LogP contribution in [0, 0.1) is 0 Å². The molecule has 7 nitrogen and oxygen atoms in total. The molecule has 0 aromatic heterocycles. The maximum Gasteiger partial charge on any atom is 0.338 e. The van der Waals surface area contributed by atoms with Gasteiger partial charge in [-0.3, -0.25) is 19.3 Å². The Morgan fingerprint density at radius 3 is 2.30 bits per heavy atom. The molecule has 1 atom stereocenters. The van der Waals surface area contributed by atoms with Crippen molar-refractivity contribution in [3.8, 4) is 0 Å². The molecule has 166 valence electrons. The minimum atomic E-state index is -0.779. The van der Waals surface area contributed by atoms with Gasteiger partial charge in [0.2, 0.25) is 0 Å². The summed E-state index contributed by atoms with van der Waals surface area (Å²) in [4.78, 5) is 51.5. The summed E-state index contributed by atoms with van der Waals surface area (Å²) >= 11 is 5.81. The van der Waals surface area contributed by atoms with Crippen LogP contribution in [-0.4, -0.2) is 35.2 Å². The van der Waals surface area contributed by atoms with Gasteiger partial charge in [-0.05, 0) is 55.0 Å². The Hall–Kier alpha value is -3.97. The van der Waals surface area contributed by atoms with Crippen LogP contribution in [0.15, 0.2) is 72.8 Å². The first-order chi connectivity index (χ1) is 15.8. The van der Waals surface area contributed by atoms with E-state index in [4.69, 9.17) is 16.3 Å². The molecule has 1 aliphatic rings. The Morgan fingerprint density at radius 1 is 0.939 bits per heavy atom. The van der Waals surface area contributed by atoms with Crippen molar-refractivity contribution in [2.75, 3.05) is 11.9 Å². The van der Waals surface area contributed by atoms with Gasteiger partial charge in [0.1, 0.15) is 0 Å². The topological polar surface area (TPSA) is 92.8 Å². The summed E-state index contributed by atoms with van der Waals surface area (Å²) in [5, 5.41) is 3.11. The number of fused-ring (bicyclic) bond motifs is 1. The van der Waals surface area contributed by atoms with Crippen molar-refractivity contribution < 1.29 is 23.9 Å². The van der Waals surface area contributed by atoms with Crippen molar-refractivity contribution in [3.63, 3.8) is 0 Å². The molecule has 3 aromatic carbocycles. The van der Waals surface area contributed by atoms with Crippen LogP contribution in [0.4, 0.5) is 5.69 Å². The van der Waals surface area contributed by atoms with Crippen molar-refractivity contribution in [3.05, 3.63) is 100 Å². The number of anilines is 1. The van der Waals surface area contributed by atoms with Crippen LogP contribution in [0.3, 0.4) is 0 Å². The van der Waals surface area contributed by atoms with Crippen molar-refractivity contribution in [1.29, 1.82) is 0 Å². The number of nitrogens with one attached hydrogen (secondary N) is 1. The quantitative estimate of drug-likeness (QED) is 0.430. The molecular weight excluding hydrogens is 444 g/mol. The fraction of sp³-hybridized carbons (Fsp3) is 0.120. The molecule has 1 N–H and O–H groups in total. The fourth-order valence-electron chi connectivity index (χ4n) is 3.56. The number of ether oxygens (including phenoxy) is 1. The number of carbonyl (C=O) groups excluding carboxylic acids is 4. The summed E-state index contributed by atoms with van der Waals surface area (Å²) in [6, 6.07) is 19.4. The number of carbonyl (C=O) groups is 4. The minimum absolute atomic E-state index is 0.0726. The second-order valence-electron chi connectivity index (χ2n) is 7.46. The first kappa shape index (κ1) is 22.2. The Labute approximate surface area is 194 Å². The number of nitrogens with zero attached hydrogens (tertiary/aromatic N) is 1. The largest absolute Gasteiger partial charge is 0.452 e. The highest BCUT2D eigenvalue weighted by molar-refractivity contribution is 6.30. The van der Waals surface area contributed by atoms with Crippen molar-refractivity contribution in [1.82, 2.24) is 4.90 Å². The van der Waals surface area contributed by atoms with Gasteiger partial charge in [-0.25, -0.2) is 4.79 Å². The molecular formula is C25H19ClN2O5. The summed E-state index contributed by atoms with van der Waals surface area (Å²) in [6.07, 6.45) is 0. The summed E-state index contributed by atoms with van der Waals surface area (Å²) < 4.78 is 5.06. The molecule has 1 aliphatic heterocycles. The van der Waals surface area contributed by atoms with Crippen LogP contribution in [0.1, 0.15) is 49.6 Å². The van der Waals surface area contributed by atoms with Gasteiger partial charge in [0, 0.05) is 10.7 Å². The zero-order valence-electron chi connectivity index (χ0n) is 17.6. The maximum absolute atomic E-state index is 13.0. The van der Waals surface area contributed by atoms with Gasteiger partial charge < -0.3 is 10.1 Å². The molecule has 33 heavy (non-hydrogen) atoms. The van der Waals surface area contributed by atoms with Gasteiger partial charge in [0.15, 0.2) is 6.61 Å². The SMILES string of the molecule is C[C@H](c1ccccc1)N1C(=O)c2ccc(C(=O)OCC(=O)Nc3ccc(Cl)cc3)cc2C1=O. The van der Waals surface area contributed by atoms with E-state index in [1.54, 1.807) is 31.2 Å². The first-order valence-electron chi connectivity index (χ1n) is 10.1. The normalized spacial score (nSPS) is 13.5. The Balaban J connectivity index is 1.43. The molecule has 3 aromatic rings. The second kappa shape index (κ2) is 9.26. The number of benzene rings is 3. The predicted molar refractivity (Wildman–Crippen MR) is 122 cm³/mol. The van der Waals surface area contributed by atoms with Crippen LogP contribution in [0.2, 0.25) is 5.02 Å². The smallest absolute Gasteiger partial charge is 0.338 e. The lowest BCUT2D eigenvalue weighted by Gasteiger charge is -2.22. The van der Waals surface area contributed by atoms with Crippen LogP contribution < -0.4 is 5.32 Å². The number of hydrogen-bond donors (Lipinski definition) is 1. The Bertz CT molecular complexity index is 1240. The highest BCUT2D eigenvalue weighted by Crippen LogP contribution is 2.31. The van der Waals surface area contributed by atoms with E-state index in [1.807, 2.05) is 30.3 Å². The van der Waals surface area contributed by atoms with Crippen molar-refractivity contribution in [2.24, 2.45) is 0 Å². The van der Waals surface area contributed by atoms with E-state index in [2.05, 4.69) is 5.32 Å². The molecule has 8 heteroatoms. The number of esters is 1. The lowest BCUT2D eigenvalue weighted by molar-refractivity contribution is -0.119. The van der Waals surface area contributed by atoms with E-state index in [0.29, 0.717) is 10.7 Å². The number of rotatable bonds is 6. The van der Waals surface area contributed by atoms with Crippen LogP contribution in [-0.2, 0) is 9.53 Å². The van der Waals surface area contributed by atoms with E-state index in [0.717, 1.165) is 5.56 Å². The zero-order chi connectivity index (χ0) is 23.5. The first-order valence-corrected chi connectivity index (χ1v) is 10.5. The third kappa shape index (κ3) is 4.63. The standard InChI is InChI=1S/C25H19ClN2O5/c1-15(16-5-3-2-4-6-16)28-23(30)20-12-7-17(13-21(20)24(28)31)25(32)33-14-22(29)27-19-10-8-18(26)9-11-19/h2-13,15H,14H2,1H3,(H,27,29)/t15-/m1/s1. The average Bonchev–Trinajstić information content (AvgIpc) is 3.08. The number of halogens is 1. The van der Waals surface area contributed by atoms with Gasteiger partial charge in [-0.2, -0.15) is 0 Å². The monoisotopic (exact) mass is 462 g/mol. The van der Waals surface area contributed by atoms with Crippen molar-refractivity contribution in [2.45, 2.75) is 13.0 Å². The molecule has 0 spiro atoms. The van der Waals surface area contributed by atoms with E-state index in [1.165, 1.54) is 23.1 Å². The van der Waals surface area contributed by atoms with E-state index in [9.17, 15) is 19.2 Å². The minimum Gasteiger partial charge on any atom is -0.452 e. The van der Waals surface area contributed by atoms with E-state index in [-0.39, 0.29) is 16.7 Å². The van der Waals surface area contributed by atoms with Crippen LogP contribution in [0.5, 0.6) is 0 Å². The molecule has 0 saturated heterocycles. The molecule has 0 saturated carbocycles. The second-order valence-corrected chi connectivity index (χ2v) is 7.89. The number of amides is 3. The summed E-state index contributed by atoms with van der Waals surface area (Å²) in [5.74, 6) is -2.21. The lowest BCUT2D eigenvalue weighted by atomic mass is 10.1. The Morgan fingerprint density at radius 2 is 1.61 bits per heavy atom. The molecule has 0 bridgehead atoms. The zero-order valence-corrected chi connectivity index (χ0v) is 18.3. The maximum atomic E-state index is 13.0. The summed E-state index contributed by atoms with van der Waals surface area (Å²) in [7, 11) is 0. The molecule has 0 aliphatic carbocycles. The van der Waals surface area contributed by atoms with Gasteiger partial charge in [-0.15, -0.1) is 0 Å². The van der Waals surface area contributed by atoms with Gasteiger partial charge >= 0.3 is 5.97 Å². The third-order valence-electron chi connectivity index (χ3n) is 5.29. The molecule has 0 fully saturated rings. The Kier molecular flexibility index (Phi) is 6.24. The van der Waals surface area contributed by atoms with E-state index < -0.39 is 36.3 Å².